The van der Waals surface area contributed by atoms with Crippen LogP contribution in [-0.4, -0.2) is 52.7 Å². The fraction of sp³-hybridized carbons (Fsp3) is 0.650. The van der Waals surface area contributed by atoms with E-state index in [4.69, 9.17) is 0 Å². The maximum absolute atomic E-state index is 13.2. The zero-order valence-electron chi connectivity index (χ0n) is 14.6. The third-order valence-electron chi connectivity index (χ3n) is 6.44. The molecule has 4 rings (SSSR count). The summed E-state index contributed by atoms with van der Waals surface area (Å²) in [4.78, 5) is 17.2. The molecule has 136 valence electrons. The number of piperidine rings is 2. The molecule has 2 bridgehead atoms. The van der Waals surface area contributed by atoms with E-state index in [9.17, 15) is 14.3 Å². The predicted molar refractivity (Wildman–Crippen MR) is 93.8 cm³/mol. The van der Waals surface area contributed by atoms with Crippen molar-refractivity contribution in [3.05, 3.63) is 35.6 Å². The van der Waals surface area contributed by atoms with Crippen molar-refractivity contribution in [3.8, 4) is 0 Å². The van der Waals surface area contributed by atoms with Crippen molar-refractivity contribution >= 4 is 6.03 Å². The normalized spacial score (nSPS) is 29.9. The molecule has 0 aliphatic carbocycles. The molecule has 3 saturated heterocycles. The highest BCUT2D eigenvalue weighted by molar-refractivity contribution is 5.76. The van der Waals surface area contributed by atoms with Gasteiger partial charge in [0.15, 0.2) is 0 Å². The zero-order chi connectivity index (χ0) is 17.4. The molecule has 5 heteroatoms. The molecule has 3 fully saturated rings. The number of nitrogens with zero attached hydrogens (tertiary/aromatic N) is 2. The van der Waals surface area contributed by atoms with Crippen molar-refractivity contribution in [3.63, 3.8) is 0 Å². The second-order valence-corrected chi connectivity index (χ2v) is 7.91. The molecule has 3 heterocycles. The molecule has 3 aliphatic heterocycles. The Morgan fingerprint density at radius 3 is 2.20 bits per heavy atom. The summed E-state index contributed by atoms with van der Waals surface area (Å²) in [5.74, 6) is 0.595. The molecular weight excluding hydrogens is 319 g/mol. The van der Waals surface area contributed by atoms with Crippen LogP contribution in [0.2, 0.25) is 0 Å². The molecule has 3 atom stereocenters. The van der Waals surface area contributed by atoms with Gasteiger partial charge in [-0.15, -0.1) is 0 Å². The first kappa shape index (κ1) is 16.8. The standard InChI is InChI=1S/C20H27FN2O2/c21-17-3-1-15(2-4-17)16-11-18-5-6-19(12-16)23(18)20(25)22-9-7-14(13-24)8-10-22/h1-4,14,16,18-19,24H,5-13H2/t16-,18+,19-. The predicted octanol–water partition coefficient (Wildman–Crippen LogP) is 3.36. The van der Waals surface area contributed by atoms with Gasteiger partial charge in [-0.25, -0.2) is 9.18 Å². The van der Waals surface area contributed by atoms with Crippen LogP contribution in [0.25, 0.3) is 0 Å². The lowest BCUT2D eigenvalue weighted by Crippen LogP contribution is -2.53. The second kappa shape index (κ2) is 6.94. The number of carbonyl (C=O) groups excluding carboxylic acids is 1. The van der Waals surface area contributed by atoms with E-state index in [2.05, 4.69) is 4.90 Å². The van der Waals surface area contributed by atoms with E-state index in [1.54, 1.807) is 12.1 Å². The minimum Gasteiger partial charge on any atom is -0.396 e. The summed E-state index contributed by atoms with van der Waals surface area (Å²) >= 11 is 0. The van der Waals surface area contributed by atoms with Gasteiger partial charge in [-0.3, -0.25) is 0 Å². The number of fused-ring (bicyclic) bond motifs is 2. The molecule has 3 aliphatic rings. The zero-order valence-corrected chi connectivity index (χ0v) is 14.6. The molecule has 1 N–H and O–H groups in total. The highest BCUT2D eigenvalue weighted by Gasteiger charge is 2.45. The fourth-order valence-electron chi connectivity index (χ4n) is 4.97. The maximum Gasteiger partial charge on any atom is 0.320 e. The number of carbonyl (C=O) groups is 1. The number of hydrogen-bond donors (Lipinski definition) is 1. The molecule has 2 amide bonds. The van der Waals surface area contributed by atoms with Crippen molar-refractivity contribution in [1.82, 2.24) is 9.80 Å². The maximum atomic E-state index is 13.2. The Hall–Kier alpha value is -1.62. The highest BCUT2D eigenvalue weighted by atomic mass is 19.1. The van der Waals surface area contributed by atoms with Crippen molar-refractivity contribution < 1.29 is 14.3 Å². The van der Waals surface area contributed by atoms with Crippen LogP contribution in [0.15, 0.2) is 24.3 Å². The number of urea groups is 1. The lowest BCUT2D eigenvalue weighted by molar-refractivity contribution is 0.0843. The van der Waals surface area contributed by atoms with Gasteiger partial charge in [0, 0.05) is 31.8 Å². The number of halogens is 1. The monoisotopic (exact) mass is 346 g/mol. The number of hydrogen-bond acceptors (Lipinski definition) is 2. The van der Waals surface area contributed by atoms with Gasteiger partial charge in [0.25, 0.3) is 0 Å². The summed E-state index contributed by atoms with van der Waals surface area (Å²) in [6, 6.07) is 7.71. The first-order chi connectivity index (χ1) is 12.2. The topological polar surface area (TPSA) is 43.8 Å². The average Bonchev–Trinajstić information content (AvgIpc) is 2.91. The number of likely N-dealkylation sites (tertiary alicyclic amines) is 1. The largest absolute Gasteiger partial charge is 0.396 e. The van der Waals surface area contributed by atoms with Crippen molar-refractivity contribution in [2.75, 3.05) is 19.7 Å². The number of aliphatic hydroxyl groups excluding tert-OH is 1. The molecule has 0 radical (unpaired) electrons. The molecule has 1 aromatic rings. The van der Waals surface area contributed by atoms with Gasteiger partial charge in [0.2, 0.25) is 0 Å². The van der Waals surface area contributed by atoms with Gasteiger partial charge < -0.3 is 14.9 Å². The van der Waals surface area contributed by atoms with Crippen LogP contribution >= 0.6 is 0 Å². The summed E-state index contributed by atoms with van der Waals surface area (Å²) < 4.78 is 13.2. The lowest BCUT2D eigenvalue weighted by atomic mass is 9.85. The average molecular weight is 346 g/mol. The number of benzene rings is 1. The lowest BCUT2D eigenvalue weighted by Gasteiger charge is -2.43. The smallest absolute Gasteiger partial charge is 0.320 e. The van der Waals surface area contributed by atoms with Crippen molar-refractivity contribution in [2.45, 2.75) is 56.5 Å². The number of amides is 2. The van der Waals surface area contributed by atoms with Gasteiger partial charge in [-0.05, 0) is 68.1 Å². The van der Waals surface area contributed by atoms with Gasteiger partial charge in [-0.1, -0.05) is 12.1 Å². The Morgan fingerprint density at radius 2 is 1.64 bits per heavy atom. The number of aliphatic hydroxyl groups is 1. The van der Waals surface area contributed by atoms with Crippen molar-refractivity contribution in [2.24, 2.45) is 5.92 Å². The Kier molecular flexibility index (Phi) is 4.67. The van der Waals surface area contributed by atoms with Crippen molar-refractivity contribution in [1.29, 1.82) is 0 Å². The van der Waals surface area contributed by atoms with E-state index >= 15 is 0 Å². The third-order valence-corrected chi connectivity index (χ3v) is 6.44. The van der Waals surface area contributed by atoms with E-state index in [0.29, 0.717) is 23.9 Å². The van der Waals surface area contributed by atoms with E-state index in [0.717, 1.165) is 51.6 Å². The molecular formula is C20H27FN2O2. The van der Waals surface area contributed by atoms with Crippen LogP contribution in [0.3, 0.4) is 0 Å². The summed E-state index contributed by atoms with van der Waals surface area (Å²) in [5.41, 5.74) is 1.20. The van der Waals surface area contributed by atoms with Crippen LogP contribution in [0.5, 0.6) is 0 Å². The van der Waals surface area contributed by atoms with Gasteiger partial charge in [0.05, 0.1) is 0 Å². The summed E-state index contributed by atoms with van der Waals surface area (Å²) in [7, 11) is 0. The molecule has 1 aromatic carbocycles. The Bertz CT molecular complexity index is 599. The molecule has 0 unspecified atom stereocenters. The first-order valence-electron chi connectivity index (χ1n) is 9.59. The molecule has 0 saturated carbocycles. The van der Waals surface area contributed by atoms with E-state index in [1.807, 2.05) is 17.0 Å². The van der Waals surface area contributed by atoms with Gasteiger partial charge in [0.1, 0.15) is 5.82 Å². The van der Waals surface area contributed by atoms with E-state index < -0.39 is 0 Å². The quantitative estimate of drug-likeness (QED) is 0.892. The van der Waals surface area contributed by atoms with Crippen LogP contribution in [0.4, 0.5) is 9.18 Å². The molecule has 0 aromatic heterocycles. The number of rotatable bonds is 2. The third kappa shape index (κ3) is 3.26. The Labute approximate surface area is 148 Å². The van der Waals surface area contributed by atoms with Gasteiger partial charge in [-0.2, -0.15) is 0 Å². The van der Waals surface area contributed by atoms with Gasteiger partial charge >= 0.3 is 6.03 Å². The fourth-order valence-corrected chi connectivity index (χ4v) is 4.97. The summed E-state index contributed by atoms with van der Waals surface area (Å²) in [6.07, 6.45) is 5.96. The Balaban J connectivity index is 1.42. The SMILES string of the molecule is O=C(N1CCC(CO)CC1)N1[C@@H]2CC[C@H]1C[C@@H](c1ccc(F)cc1)C2. The van der Waals surface area contributed by atoms with E-state index in [1.165, 1.54) is 5.56 Å². The highest BCUT2D eigenvalue weighted by Crippen LogP contribution is 2.43. The molecule has 25 heavy (non-hydrogen) atoms. The minimum absolute atomic E-state index is 0.189. The van der Waals surface area contributed by atoms with Crippen LogP contribution in [0, 0.1) is 11.7 Å². The van der Waals surface area contributed by atoms with Crippen LogP contribution in [-0.2, 0) is 0 Å². The Morgan fingerprint density at radius 1 is 1.04 bits per heavy atom. The summed E-state index contributed by atoms with van der Waals surface area (Å²) in [6.45, 7) is 1.76. The molecule has 0 spiro atoms. The second-order valence-electron chi connectivity index (χ2n) is 7.91. The molecule has 4 nitrogen and oxygen atoms in total. The summed E-state index contributed by atoms with van der Waals surface area (Å²) in [5, 5.41) is 9.28. The first-order valence-corrected chi connectivity index (χ1v) is 9.59. The van der Waals surface area contributed by atoms with Crippen LogP contribution < -0.4 is 0 Å². The van der Waals surface area contributed by atoms with Crippen LogP contribution in [0.1, 0.15) is 50.0 Å². The minimum atomic E-state index is -0.189. The van der Waals surface area contributed by atoms with E-state index in [-0.39, 0.29) is 18.5 Å².